The topological polar surface area (TPSA) is 63.5 Å². The average molecular weight is 350 g/mol. The highest BCUT2D eigenvalue weighted by Gasteiger charge is 2.19. The molecule has 1 fully saturated rings. The van der Waals surface area contributed by atoms with Gasteiger partial charge in [-0.1, -0.05) is 6.07 Å². The third-order valence-electron chi connectivity index (χ3n) is 4.23. The van der Waals surface area contributed by atoms with Gasteiger partial charge in [0.1, 0.15) is 6.10 Å². The van der Waals surface area contributed by atoms with Crippen LogP contribution in [0.25, 0.3) is 0 Å². The summed E-state index contributed by atoms with van der Waals surface area (Å²) < 4.78 is 17.0. The van der Waals surface area contributed by atoms with Gasteiger partial charge in [-0.15, -0.1) is 0 Å². The molecule has 140 valence electrons. The fraction of sp³-hybridized carbons (Fsp3) is 0.632. The smallest absolute Gasteiger partial charge is 0.161 e. The van der Waals surface area contributed by atoms with Crippen molar-refractivity contribution in [3.8, 4) is 11.5 Å². The number of hydrogen-bond acceptors (Lipinski definition) is 5. The standard InChI is InChI=1S/C19H30N2O4/c1-4-24-16-9-8-15(13-17(16)25-5-2)18(23-3)14-20-19-7-6-10-21(19)11-12-22/h8-9,13,18,22H,4-7,10-12,14H2,1-3H3. The van der Waals surface area contributed by atoms with Crippen LogP contribution in [0.2, 0.25) is 0 Å². The van der Waals surface area contributed by atoms with Gasteiger partial charge < -0.3 is 24.2 Å². The van der Waals surface area contributed by atoms with Gasteiger partial charge in [0.25, 0.3) is 0 Å². The van der Waals surface area contributed by atoms with Crippen molar-refractivity contribution < 1.29 is 19.3 Å². The van der Waals surface area contributed by atoms with Crippen LogP contribution >= 0.6 is 0 Å². The Labute approximate surface area is 150 Å². The lowest BCUT2D eigenvalue weighted by Crippen LogP contribution is -2.28. The zero-order valence-electron chi connectivity index (χ0n) is 15.5. The Morgan fingerprint density at radius 2 is 1.96 bits per heavy atom. The highest BCUT2D eigenvalue weighted by atomic mass is 16.5. The molecule has 1 aliphatic rings. The van der Waals surface area contributed by atoms with E-state index in [1.165, 1.54) is 0 Å². The second-order valence-electron chi connectivity index (χ2n) is 5.87. The second kappa shape index (κ2) is 10.3. The number of hydrogen-bond donors (Lipinski definition) is 1. The first-order chi connectivity index (χ1) is 12.2. The predicted molar refractivity (Wildman–Crippen MR) is 98.7 cm³/mol. The van der Waals surface area contributed by atoms with Gasteiger partial charge in [0.15, 0.2) is 11.5 Å². The zero-order valence-corrected chi connectivity index (χ0v) is 15.5. The molecule has 1 unspecified atom stereocenters. The molecule has 0 bridgehead atoms. The van der Waals surface area contributed by atoms with Gasteiger partial charge in [-0.3, -0.25) is 4.99 Å². The van der Waals surface area contributed by atoms with Gasteiger partial charge in [-0.05, 0) is 38.0 Å². The molecule has 1 aliphatic heterocycles. The molecule has 2 rings (SSSR count). The molecule has 0 aromatic heterocycles. The van der Waals surface area contributed by atoms with E-state index < -0.39 is 0 Å². The molecule has 6 nitrogen and oxygen atoms in total. The van der Waals surface area contributed by atoms with Crippen LogP contribution in [-0.4, -0.2) is 62.4 Å². The van der Waals surface area contributed by atoms with Gasteiger partial charge in [-0.2, -0.15) is 0 Å². The zero-order chi connectivity index (χ0) is 18.1. The SMILES string of the molecule is CCOc1ccc(C(CN=C2CCCN2CCO)OC)cc1OCC. The number of benzene rings is 1. The maximum atomic E-state index is 9.15. The first-order valence-electron chi connectivity index (χ1n) is 9.04. The van der Waals surface area contributed by atoms with Gasteiger partial charge in [0, 0.05) is 26.6 Å². The Balaban J connectivity index is 2.12. The molecule has 0 amide bonds. The molecule has 0 spiro atoms. The minimum absolute atomic E-state index is 0.140. The molecular weight excluding hydrogens is 320 g/mol. The Morgan fingerprint density at radius 1 is 1.20 bits per heavy atom. The lowest BCUT2D eigenvalue weighted by Gasteiger charge is -2.20. The van der Waals surface area contributed by atoms with Gasteiger partial charge >= 0.3 is 0 Å². The second-order valence-corrected chi connectivity index (χ2v) is 5.87. The third-order valence-corrected chi connectivity index (χ3v) is 4.23. The molecule has 1 aromatic carbocycles. The minimum Gasteiger partial charge on any atom is -0.490 e. The summed E-state index contributed by atoms with van der Waals surface area (Å²) in [5, 5.41) is 9.15. The number of β-amino-alcohol motifs (C(OH)–C–C–N with tert-alkyl or cyclic N) is 1. The molecule has 0 aliphatic carbocycles. The number of methoxy groups -OCH3 is 1. The number of aliphatic hydroxyl groups is 1. The number of amidine groups is 1. The van der Waals surface area contributed by atoms with Gasteiger partial charge in [0.2, 0.25) is 0 Å². The van der Waals surface area contributed by atoms with E-state index in [9.17, 15) is 0 Å². The van der Waals surface area contributed by atoms with E-state index in [-0.39, 0.29) is 12.7 Å². The van der Waals surface area contributed by atoms with Crippen LogP contribution in [0.1, 0.15) is 38.4 Å². The first-order valence-corrected chi connectivity index (χ1v) is 9.04. The summed E-state index contributed by atoms with van der Waals surface area (Å²) in [4.78, 5) is 6.89. The van der Waals surface area contributed by atoms with Crippen LogP contribution in [0.5, 0.6) is 11.5 Å². The van der Waals surface area contributed by atoms with E-state index in [0.29, 0.717) is 26.3 Å². The van der Waals surface area contributed by atoms with Crippen molar-refractivity contribution in [3.05, 3.63) is 23.8 Å². The quantitative estimate of drug-likeness (QED) is 0.703. The predicted octanol–water partition coefficient (Wildman–Crippen LogP) is 2.66. The number of nitrogens with zero attached hydrogens (tertiary/aromatic N) is 2. The summed E-state index contributed by atoms with van der Waals surface area (Å²) in [5.41, 5.74) is 1.02. The normalized spacial score (nSPS) is 17.1. The molecule has 1 heterocycles. The van der Waals surface area contributed by atoms with Crippen molar-refractivity contribution in [3.63, 3.8) is 0 Å². The van der Waals surface area contributed by atoms with Crippen LogP contribution in [0.15, 0.2) is 23.2 Å². The molecular formula is C19H30N2O4. The Hall–Kier alpha value is -1.79. The van der Waals surface area contributed by atoms with Gasteiger partial charge in [-0.25, -0.2) is 0 Å². The van der Waals surface area contributed by atoms with Crippen LogP contribution in [-0.2, 0) is 4.74 Å². The number of rotatable bonds is 10. The van der Waals surface area contributed by atoms with Crippen molar-refractivity contribution in [2.45, 2.75) is 32.8 Å². The monoisotopic (exact) mass is 350 g/mol. The largest absolute Gasteiger partial charge is 0.490 e. The van der Waals surface area contributed by atoms with Crippen molar-refractivity contribution >= 4 is 5.84 Å². The summed E-state index contributed by atoms with van der Waals surface area (Å²) in [6.07, 6.45) is 1.91. The molecule has 0 saturated carbocycles. The van der Waals surface area contributed by atoms with Crippen LogP contribution < -0.4 is 9.47 Å². The Bertz CT molecular complexity index is 562. The van der Waals surface area contributed by atoms with Crippen LogP contribution in [0.3, 0.4) is 0 Å². The molecule has 25 heavy (non-hydrogen) atoms. The number of likely N-dealkylation sites (tertiary alicyclic amines) is 1. The number of ether oxygens (including phenoxy) is 3. The van der Waals surface area contributed by atoms with Crippen LogP contribution in [0.4, 0.5) is 0 Å². The van der Waals surface area contributed by atoms with E-state index in [0.717, 1.165) is 42.3 Å². The summed E-state index contributed by atoms with van der Waals surface area (Å²) in [5.74, 6) is 2.55. The highest BCUT2D eigenvalue weighted by molar-refractivity contribution is 5.84. The van der Waals surface area contributed by atoms with Crippen molar-refractivity contribution in [1.29, 1.82) is 0 Å². The minimum atomic E-state index is -0.140. The summed E-state index contributed by atoms with van der Waals surface area (Å²) in [6.45, 7) is 7.41. The highest BCUT2D eigenvalue weighted by Crippen LogP contribution is 2.32. The van der Waals surface area contributed by atoms with E-state index in [1.54, 1.807) is 7.11 Å². The fourth-order valence-corrected chi connectivity index (χ4v) is 3.03. The first kappa shape index (κ1) is 19.5. The van der Waals surface area contributed by atoms with Crippen molar-refractivity contribution in [2.75, 3.05) is 46.6 Å². The van der Waals surface area contributed by atoms with Gasteiger partial charge in [0.05, 0.1) is 32.2 Å². The lowest BCUT2D eigenvalue weighted by molar-refractivity contribution is 0.110. The molecule has 1 saturated heterocycles. The maximum absolute atomic E-state index is 9.15. The van der Waals surface area contributed by atoms with E-state index in [2.05, 4.69) is 4.90 Å². The van der Waals surface area contributed by atoms with E-state index in [4.69, 9.17) is 24.3 Å². The summed E-state index contributed by atoms with van der Waals surface area (Å²) >= 11 is 0. The maximum Gasteiger partial charge on any atom is 0.161 e. The number of aliphatic imine (C=N–C) groups is 1. The average Bonchev–Trinajstić information content (AvgIpc) is 3.05. The lowest BCUT2D eigenvalue weighted by atomic mass is 10.1. The molecule has 0 radical (unpaired) electrons. The van der Waals surface area contributed by atoms with Crippen molar-refractivity contribution in [2.24, 2.45) is 4.99 Å². The van der Waals surface area contributed by atoms with E-state index >= 15 is 0 Å². The Morgan fingerprint density at radius 3 is 2.64 bits per heavy atom. The third kappa shape index (κ3) is 5.34. The number of aliphatic hydroxyl groups excluding tert-OH is 1. The fourth-order valence-electron chi connectivity index (χ4n) is 3.03. The molecule has 6 heteroatoms. The summed E-state index contributed by atoms with van der Waals surface area (Å²) in [6, 6.07) is 5.90. The Kier molecular flexibility index (Phi) is 8.01. The molecule has 1 aromatic rings. The van der Waals surface area contributed by atoms with Crippen LogP contribution in [0, 0.1) is 0 Å². The van der Waals surface area contributed by atoms with E-state index in [1.807, 2.05) is 32.0 Å². The van der Waals surface area contributed by atoms with Crippen molar-refractivity contribution in [1.82, 2.24) is 4.90 Å². The summed E-state index contributed by atoms with van der Waals surface area (Å²) in [7, 11) is 1.70. The molecule has 1 N–H and O–H groups in total. The molecule has 1 atom stereocenters.